The normalized spacial score (nSPS) is 12.5. The molecule has 0 amide bonds. The molecule has 0 aliphatic rings. The van der Waals surface area contributed by atoms with Crippen LogP contribution in [0.25, 0.3) is 0 Å². The maximum atomic E-state index is 10.6. The van der Waals surface area contributed by atoms with Crippen molar-refractivity contribution in [2.45, 2.75) is 26.4 Å². The summed E-state index contributed by atoms with van der Waals surface area (Å²) in [5, 5.41) is 11.6. The number of hydrogen-bond acceptors (Lipinski definition) is 2. The predicted octanol–water partition coefficient (Wildman–Crippen LogP) is 2.32. The van der Waals surface area contributed by atoms with Gasteiger partial charge in [0.05, 0.1) is 0 Å². The van der Waals surface area contributed by atoms with Crippen molar-refractivity contribution in [1.82, 2.24) is 5.32 Å². The highest BCUT2D eigenvalue weighted by molar-refractivity contribution is 9.10. The van der Waals surface area contributed by atoms with Crippen LogP contribution < -0.4 is 5.32 Å². The first kappa shape index (κ1) is 12.2. The minimum Gasteiger partial charge on any atom is -0.480 e. The first-order valence-corrected chi connectivity index (χ1v) is 5.51. The van der Waals surface area contributed by atoms with Crippen LogP contribution >= 0.6 is 15.9 Å². The van der Waals surface area contributed by atoms with Crippen molar-refractivity contribution in [3.8, 4) is 0 Å². The van der Waals surface area contributed by atoms with Crippen LogP contribution in [0.4, 0.5) is 0 Å². The Labute approximate surface area is 97.6 Å². The molecule has 0 saturated heterocycles. The molecule has 0 aliphatic heterocycles. The Kier molecular flexibility index (Phi) is 4.29. The van der Waals surface area contributed by atoms with Crippen LogP contribution in [0.5, 0.6) is 0 Å². The number of carbonyl (C=O) groups is 1. The van der Waals surface area contributed by atoms with Gasteiger partial charge in [0, 0.05) is 11.0 Å². The summed E-state index contributed by atoms with van der Waals surface area (Å²) in [7, 11) is 0. The molecule has 82 valence electrons. The third-order valence-corrected chi connectivity index (χ3v) is 3.07. The van der Waals surface area contributed by atoms with Crippen LogP contribution in [-0.2, 0) is 11.3 Å². The first-order valence-electron chi connectivity index (χ1n) is 4.72. The second-order valence-corrected chi connectivity index (χ2v) is 4.38. The van der Waals surface area contributed by atoms with Crippen molar-refractivity contribution in [1.29, 1.82) is 0 Å². The molecule has 0 spiro atoms. The molecule has 3 nitrogen and oxygen atoms in total. The number of aliphatic carboxylic acids is 1. The second kappa shape index (κ2) is 5.28. The molecule has 1 atom stereocenters. The van der Waals surface area contributed by atoms with Gasteiger partial charge >= 0.3 is 5.97 Å². The molecule has 0 aliphatic carbocycles. The molecule has 0 saturated carbocycles. The monoisotopic (exact) mass is 271 g/mol. The molecule has 15 heavy (non-hydrogen) atoms. The van der Waals surface area contributed by atoms with E-state index in [0.717, 1.165) is 10.0 Å². The van der Waals surface area contributed by atoms with E-state index in [2.05, 4.69) is 21.2 Å². The number of halogens is 1. The lowest BCUT2D eigenvalue weighted by atomic mass is 10.1. The number of rotatable bonds is 4. The van der Waals surface area contributed by atoms with Gasteiger partial charge in [-0.25, -0.2) is 0 Å². The van der Waals surface area contributed by atoms with Gasteiger partial charge < -0.3 is 10.4 Å². The van der Waals surface area contributed by atoms with Gasteiger partial charge in [-0.1, -0.05) is 28.1 Å². The topological polar surface area (TPSA) is 49.3 Å². The Morgan fingerprint density at radius 2 is 2.27 bits per heavy atom. The largest absolute Gasteiger partial charge is 0.480 e. The van der Waals surface area contributed by atoms with E-state index in [0.29, 0.717) is 6.54 Å². The quantitative estimate of drug-likeness (QED) is 0.884. The molecular weight excluding hydrogens is 258 g/mol. The zero-order valence-corrected chi connectivity index (χ0v) is 10.3. The Balaban J connectivity index is 2.58. The lowest BCUT2D eigenvalue weighted by molar-refractivity contribution is -0.139. The standard InChI is InChI=1S/C11H14BrNO2/c1-7-3-4-9(5-10(7)12)6-13-8(2)11(14)15/h3-5,8,13H,6H2,1-2H3,(H,14,15). The van der Waals surface area contributed by atoms with E-state index >= 15 is 0 Å². The van der Waals surface area contributed by atoms with Gasteiger partial charge in [-0.05, 0) is 31.0 Å². The van der Waals surface area contributed by atoms with E-state index in [1.165, 1.54) is 5.56 Å². The smallest absolute Gasteiger partial charge is 0.320 e. The third kappa shape index (κ3) is 3.64. The van der Waals surface area contributed by atoms with Gasteiger partial charge in [-0.15, -0.1) is 0 Å². The summed E-state index contributed by atoms with van der Waals surface area (Å²) < 4.78 is 1.05. The molecule has 1 aromatic rings. The average molecular weight is 272 g/mol. The molecule has 4 heteroatoms. The molecular formula is C11H14BrNO2. The van der Waals surface area contributed by atoms with E-state index in [4.69, 9.17) is 5.11 Å². The number of hydrogen-bond donors (Lipinski definition) is 2. The Morgan fingerprint density at radius 3 is 2.80 bits per heavy atom. The van der Waals surface area contributed by atoms with Gasteiger partial charge in [0.15, 0.2) is 0 Å². The number of carboxylic acid groups (broad SMARTS) is 1. The summed E-state index contributed by atoms with van der Waals surface area (Å²) in [5.74, 6) is -0.832. The van der Waals surface area contributed by atoms with Crippen molar-refractivity contribution < 1.29 is 9.90 Å². The van der Waals surface area contributed by atoms with Crippen molar-refractivity contribution in [2.24, 2.45) is 0 Å². The zero-order valence-electron chi connectivity index (χ0n) is 8.75. The van der Waals surface area contributed by atoms with Gasteiger partial charge in [-0.2, -0.15) is 0 Å². The van der Waals surface area contributed by atoms with Gasteiger partial charge in [-0.3, -0.25) is 4.79 Å². The summed E-state index contributed by atoms with van der Waals surface area (Å²) in [6.07, 6.45) is 0. The van der Waals surface area contributed by atoms with Crippen LogP contribution in [0.3, 0.4) is 0 Å². The summed E-state index contributed by atoms with van der Waals surface area (Å²) in [5.41, 5.74) is 2.24. The maximum Gasteiger partial charge on any atom is 0.320 e. The molecule has 1 unspecified atom stereocenters. The van der Waals surface area contributed by atoms with Crippen LogP contribution in [-0.4, -0.2) is 17.1 Å². The summed E-state index contributed by atoms with van der Waals surface area (Å²) >= 11 is 3.44. The number of nitrogens with one attached hydrogen (secondary N) is 1. The highest BCUT2D eigenvalue weighted by Crippen LogP contribution is 2.17. The third-order valence-electron chi connectivity index (χ3n) is 2.22. The van der Waals surface area contributed by atoms with E-state index < -0.39 is 12.0 Å². The summed E-state index contributed by atoms with van der Waals surface area (Å²) in [4.78, 5) is 10.6. The number of aryl methyl sites for hydroxylation is 1. The molecule has 1 rings (SSSR count). The fraction of sp³-hybridized carbons (Fsp3) is 0.364. The van der Waals surface area contributed by atoms with Gasteiger partial charge in [0.2, 0.25) is 0 Å². The van der Waals surface area contributed by atoms with Crippen LogP contribution in [0.2, 0.25) is 0 Å². The first-order chi connectivity index (χ1) is 7.00. The molecule has 1 aromatic carbocycles. The van der Waals surface area contributed by atoms with E-state index in [1.807, 2.05) is 25.1 Å². The summed E-state index contributed by atoms with van der Waals surface area (Å²) in [6, 6.07) is 5.47. The van der Waals surface area contributed by atoms with Crippen molar-refractivity contribution in [3.05, 3.63) is 33.8 Å². The minimum absolute atomic E-state index is 0.523. The predicted molar refractivity (Wildman–Crippen MR) is 62.8 cm³/mol. The lowest BCUT2D eigenvalue weighted by Gasteiger charge is -2.09. The fourth-order valence-electron chi connectivity index (χ4n) is 1.10. The van der Waals surface area contributed by atoms with Crippen LogP contribution in [0.15, 0.2) is 22.7 Å². The minimum atomic E-state index is -0.832. The Morgan fingerprint density at radius 1 is 1.60 bits per heavy atom. The van der Waals surface area contributed by atoms with Crippen molar-refractivity contribution in [2.75, 3.05) is 0 Å². The molecule has 0 heterocycles. The highest BCUT2D eigenvalue weighted by Gasteiger charge is 2.09. The fourth-order valence-corrected chi connectivity index (χ4v) is 1.53. The number of carboxylic acids is 1. The lowest BCUT2D eigenvalue weighted by Crippen LogP contribution is -2.33. The van der Waals surface area contributed by atoms with Gasteiger partial charge in [0.25, 0.3) is 0 Å². The molecule has 0 bridgehead atoms. The maximum absolute atomic E-state index is 10.6. The molecule has 0 aromatic heterocycles. The van der Waals surface area contributed by atoms with E-state index in [-0.39, 0.29) is 0 Å². The molecule has 0 fully saturated rings. The van der Waals surface area contributed by atoms with E-state index in [1.54, 1.807) is 6.92 Å². The van der Waals surface area contributed by atoms with Crippen molar-refractivity contribution >= 4 is 21.9 Å². The highest BCUT2D eigenvalue weighted by atomic mass is 79.9. The van der Waals surface area contributed by atoms with Crippen molar-refractivity contribution in [3.63, 3.8) is 0 Å². The second-order valence-electron chi connectivity index (χ2n) is 3.52. The van der Waals surface area contributed by atoms with Gasteiger partial charge in [0.1, 0.15) is 6.04 Å². The Hall–Kier alpha value is -0.870. The molecule has 2 N–H and O–H groups in total. The van der Waals surface area contributed by atoms with E-state index in [9.17, 15) is 4.79 Å². The summed E-state index contributed by atoms with van der Waals surface area (Å²) in [6.45, 7) is 4.21. The Bertz CT molecular complexity index is 366. The average Bonchev–Trinajstić information content (AvgIpc) is 2.19. The molecule has 0 radical (unpaired) electrons. The number of benzene rings is 1. The zero-order chi connectivity index (χ0) is 11.4. The SMILES string of the molecule is Cc1ccc(CNC(C)C(=O)O)cc1Br. The van der Waals surface area contributed by atoms with Crippen LogP contribution in [0, 0.1) is 6.92 Å². The van der Waals surface area contributed by atoms with Crippen LogP contribution in [0.1, 0.15) is 18.1 Å².